The SMILES string of the molecule is CN(C)c1ccc(CCCNC(=O)N[C@@H]2C=C[C@H](CO)C2)cc1. The lowest BCUT2D eigenvalue weighted by Gasteiger charge is -2.14. The summed E-state index contributed by atoms with van der Waals surface area (Å²) in [6, 6.07) is 8.38. The van der Waals surface area contributed by atoms with Crippen molar-refractivity contribution in [3.8, 4) is 0 Å². The van der Waals surface area contributed by atoms with Crippen molar-refractivity contribution in [2.45, 2.75) is 25.3 Å². The number of benzene rings is 1. The third-order valence-corrected chi connectivity index (χ3v) is 4.10. The number of aliphatic hydroxyl groups is 1. The van der Waals surface area contributed by atoms with E-state index < -0.39 is 0 Å². The standard InChI is InChI=1S/C18H27N3O2/c1-21(2)17-9-6-14(7-10-17)4-3-11-19-18(23)20-16-8-5-15(12-16)13-22/h5-10,15-16,22H,3-4,11-13H2,1-2H3,(H2,19,20,23)/t15-,16+/m0/s1. The van der Waals surface area contributed by atoms with Crippen LogP contribution in [0.3, 0.4) is 0 Å². The molecule has 2 atom stereocenters. The van der Waals surface area contributed by atoms with Crippen molar-refractivity contribution >= 4 is 11.7 Å². The molecule has 5 heteroatoms. The largest absolute Gasteiger partial charge is 0.396 e. The van der Waals surface area contributed by atoms with Crippen LogP contribution in [0.1, 0.15) is 18.4 Å². The molecule has 0 heterocycles. The third kappa shape index (κ3) is 5.60. The summed E-state index contributed by atoms with van der Waals surface area (Å²) in [6.45, 7) is 0.796. The molecule has 0 aromatic heterocycles. The molecule has 0 aliphatic heterocycles. The Kier molecular flexibility index (Phi) is 6.47. The van der Waals surface area contributed by atoms with Gasteiger partial charge in [-0.2, -0.15) is 0 Å². The van der Waals surface area contributed by atoms with Crippen LogP contribution < -0.4 is 15.5 Å². The van der Waals surface area contributed by atoms with Gasteiger partial charge in [0.05, 0.1) is 0 Å². The number of nitrogens with zero attached hydrogens (tertiary/aromatic N) is 1. The lowest BCUT2D eigenvalue weighted by molar-refractivity contribution is 0.231. The van der Waals surface area contributed by atoms with Gasteiger partial charge in [-0.1, -0.05) is 24.3 Å². The molecule has 0 saturated carbocycles. The Morgan fingerprint density at radius 2 is 2.00 bits per heavy atom. The van der Waals surface area contributed by atoms with Crippen LogP contribution in [0.15, 0.2) is 36.4 Å². The zero-order valence-electron chi connectivity index (χ0n) is 14.0. The summed E-state index contributed by atoms with van der Waals surface area (Å²) in [5.41, 5.74) is 2.47. The molecule has 0 saturated heterocycles. The molecule has 1 aromatic rings. The smallest absolute Gasteiger partial charge is 0.315 e. The van der Waals surface area contributed by atoms with Crippen molar-refractivity contribution in [1.29, 1.82) is 0 Å². The number of hydrogen-bond acceptors (Lipinski definition) is 3. The molecule has 23 heavy (non-hydrogen) atoms. The topological polar surface area (TPSA) is 64.6 Å². The van der Waals surface area contributed by atoms with Crippen molar-refractivity contribution < 1.29 is 9.90 Å². The summed E-state index contributed by atoms with van der Waals surface area (Å²) in [5, 5.41) is 14.9. The number of amides is 2. The van der Waals surface area contributed by atoms with Gasteiger partial charge in [-0.25, -0.2) is 4.79 Å². The first-order valence-corrected chi connectivity index (χ1v) is 8.18. The Hall–Kier alpha value is -2.01. The molecule has 0 fully saturated rings. The van der Waals surface area contributed by atoms with E-state index in [2.05, 4.69) is 39.8 Å². The fourth-order valence-corrected chi connectivity index (χ4v) is 2.69. The molecule has 0 radical (unpaired) electrons. The maximum atomic E-state index is 11.8. The van der Waals surface area contributed by atoms with E-state index in [0.717, 1.165) is 19.3 Å². The van der Waals surface area contributed by atoms with E-state index in [1.807, 2.05) is 26.2 Å². The maximum Gasteiger partial charge on any atom is 0.315 e. The summed E-state index contributed by atoms with van der Waals surface area (Å²) >= 11 is 0. The second-order valence-electron chi connectivity index (χ2n) is 6.23. The highest BCUT2D eigenvalue weighted by Gasteiger charge is 2.19. The molecule has 1 aliphatic rings. The number of nitrogens with one attached hydrogen (secondary N) is 2. The zero-order chi connectivity index (χ0) is 16.7. The highest BCUT2D eigenvalue weighted by molar-refractivity contribution is 5.74. The Morgan fingerprint density at radius 3 is 2.61 bits per heavy atom. The Morgan fingerprint density at radius 1 is 1.26 bits per heavy atom. The van der Waals surface area contributed by atoms with Crippen LogP contribution >= 0.6 is 0 Å². The lowest BCUT2D eigenvalue weighted by atomic mass is 10.1. The van der Waals surface area contributed by atoms with E-state index >= 15 is 0 Å². The number of aliphatic hydroxyl groups excluding tert-OH is 1. The summed E-state index contributed by atoms with van der Waals surface area (Å²) in [6.07, 6.45) is 6.55. The Labute approximate surface area is 138 Å². The average Bonchev–Trinajstić information content (AvgIpc) is 2.99. The van der Waals surface area contributed by atoms with E-state index in [1.54, 1.807) is 0 Å². The van der Waals surface area contributed by atoms with Gasteiger partial charge in [-0.15, -0.1) is 0 Å². The predicted octanol–water partition coefficient (Wildman–Crippen LogP) is 1.92. The second kappa shape index (κ2) is 8.58. The molecular weight excluding hydrogens is 290 g/mol. The summed E-state index contributed by atoms with van der Waals surface area (Å²) in [7, 11) is 4.06. The Bertz CT molecular complexity index is 526. The highest BCUT2D eigenvalue weighted by Crippen LogP contribution is 2.16. The van der Waals surface area contributed by atoms with Crippen LogP contribution in [0.25, 0.3) is 0 Å². The van der Waals surface area contributed by atoms with E-state index in [-0.39, 0.29) is 24.6 Å². The van der Waals surface area contributed by atoms with Crippen LogP contribution in [-0.2, 0) is 6.42 Å². The van der Waals surface area contributed by atoms with Crippen LogP contribution in [0.4, 0.5) is 10.5 Å². The van der Waals surface area contributed by atoms with Gasteiger partial charge in [-0.3, -0.25) is 0 Å². The van der Waals surface area contributed by atoms with Gasteiger partial charge in [0, 0.05) is 44.9 Å². The Balaban J connectivity index is 1.61. The van der Waals surface area contributed by atoms with E-state index in [4.69, 9.17) is 5.11 Å². The average molecular weight is 317 g/mol. The quantitative estimate of drug-likeness (QED) is 0.532. The predicted molar refractivity (Wildman–Crippen MR) is 93.7 cm³/mol. The van der Waals surface area contributed by atoms with Crippen molar-refractivity contribution in [1.82, 2.24) is 10.6 Å². The second-order valence-corrected chi connectivity index (χ2v) is 6.23. The summed E-state index contributed by atoms with van der Waals surface area (Å²) in [4.78, 5) is 13.9. The number of carbonyl (C=O) groups is 1. The van der Waals surface area contributed by atoms with E-state index in [1.165, 1.54) is 11.3 Å². The monoisotopic (exact) mass is 317 g/mol. The van der Waals surface area contributed by atoms with Crippen LogP contribution in [0.5, 0.6) is 0 Å². The maximum absolute atomic E-state index is 11.8. The minimum Gasteiger partial charge on any atom is -0.396 e. The van der Waals surface area contributed by atoms with Gasteiger partial charge in [0.15, 0.2) is 0 Å². The van der Waals surface area contributed by atoms with Gasteiger partial charge in [0.2, 0.25) is 0 Å². The summed E-state index contributed by atoms with van der Waals surface area (Å²) in [5.74, 6) is 0.172. The molecule has 3 N–H and O–H groups in total. The molecule has 0 bridgehead atoms. The number of carbonyl (C=O) groups excluding carboxylic acids is 1. The van der Waals surface area contributed by atoms with E-state index in [9.17, 15) is 4.79 Å². The lowest BCUT2D eigenvalue weighted by Crippen LogP contribution is -2.41. The van der Waals surface area contributed by atoms with Crippen LogP contribution in [0.2, 0.25) is 0 Å². The van der Waals surface area contributed by atoms with Crippen molar-refractivity contribution in [2.75, 3.05) is 32.1 Å². The number of hydrogen-bond donors (Lipinski definition) is 3. The minimum absolute atomic E-state index is 0.0331. The van der Waals surface area contributed by atoms with Gasteiger partial charge in [0.1, 0.15) is 0 Å². The minimum atomic E-state index is -0.138. The highest BCUT2D eigenvalue weighted by atomic mass is 16.3. The molecular formula is C18H27N3O2. The first kappa shape index (κ1) is 17.3. The first-order chi connectivity index (χ1) is 11.1. The molecule has 1 aromatic carbocycles. The molecule has 1 aliphatic carbocycles. The molecule has 2 rings (SSSR count). The molecule has 126 valence electrons. The first-order valence-electron chi connectivity index (χ1n) is 8.18. The van der Waals surface area contributed by atoms with Gasteiger partial charge < -0.3 is 20.6 Å². The number of rotatable bonds is 7. The molecule has 0 spiro atoms. The zero-order valence-corrected chi connectivity index (χ0v) is 14.0. The number of aryl methyl sites for hydroxylation is 1. The number of urea groups is 1. The van der Waals surface area contributed by atoms with Gasteiger partial charge in [-0.05, 0) is 37.0 Å². The fraction of sp³-hybridized carbons (Fsp3) is 0.500. The molecule has 2 amide bonds. The fourth-order valence-electron chi connectivity index (χ4n) is 2.69. The van der Waals surface area contributed by atoms with Crippen molar-refractivity contribution in [2.24, 2.45) is 5.92 Å². The summed E-state index contributed by atoms with van der Waals surface area (Å²) < 4.78 is 0. The van der Waals surface area contributed by atoms with Crippen LogP contribution in [-0.4, -0.2) is 44.4 Å². The van der Waals surface area contributed by atoms with Gasteiger partial charge in [0.25, 0.3) is 0 Å². The normalized spacial score (nSPS) is 19.6. The van der Waals surface area contributed by atoms with Gasteiger partial charge >= 0.3 is 6.03 Å². The molecule has 5 nitrogen and oxygen atoms in total. The number of anilines is 1. The van der Waals surface area contributed by atoms with Crippen LogP contribution in [0, 0.1) is 5.92 Å². The van der Waals surface area contributed by atoms with Crippen molar-refractivity contribution in [3.05, 3.63) is 42.0 Å². The third-order valence-electron chi connectivity index (χ3n) is 4.10. The van der Waals surface area contributed by atoms with Crippen molar-refractivity contribution in [3.63, 3.8) is 0 Å². The molecule has 0 unspecified atom stereocenters. The van der Waals surface area contributed by atoms with E-state index in [0.29, 0.717) is 6.54 Å².